The van der Waals surface area contributed by atoms with Crippen molar-refractivity contribution in [3.8, 4) is 5.88 Å². The van der Waals surface area contributed by atoms with Gasteiger partial charge in [-0.3, -0.25) is 4.99 Å². The first-order chi connectivity index (χ1) is 13.3. The fraction of sp³-hybridized carbons (Fsp3) is 0.474. The topological polar surface area (TPSA) is 78.8 Å². The molecule has 0 spiro atoms. The molecule has 0 saturated carbocycles. The number of aromatic nitrogens is 3. The minimum absolute atomic E-state index is 0.627. The van der Waals surface area contributed by atoms with E-state index in [1.165, 1.54) is 0 Å². The predicted molar refractivity (Wildman–Crippen MR) is 106 cm³/mol. The van der Waals surface area contributed by atoms with E-state index < -0.39 is 0 Å². The van der Waals surface area contributed by atoms with E-state index in [2.05, 4.69) is 42.0 Å². The van der Waals surface area contributed by atoms with Gasteiger partial charge in [-0.1, -0.05) is 13.0 Å². The molecule has 0 aromatic carbocycles. The monoisotopic (exact) mass is 369 g/mol. The summed E-state index contributed by atoms with van der Waals surface area (Å²) in [6.45, 7) is 6.84. The van der Waals surface area contributed by atoms with E-state index in [0.29, 0.717) is 19.0 Å². The minimum Gasteiger partial charge on any atom is -0.477 e. The van der Waals surface area contributed by atoms with Crippen LogP contribution in [0, 0.1) is 0 Å². The van der Waals surface area contributed by atoms with Crippen molar-refractivity contribution in [2.45, 2.75) is 19.9 Å². The van der Waals surface area contributed by atoms with Crippen LogP contribution in [0.5, 0.6) is 5.88 Å². The number of anilines is 1. The lowest BCUT2D eigenvalue weighted by molar-refractivity contribution is 0.301. The smallest absolute Gasteiger partial charge is 0.225 e. The van der Waals surface area contributed by atoms with Crippen molar-refractivity contribution >= 4 is 11.9 Å². The molecule has 2 aromatic rings. The number of ether oxygens (including phenoxy) is 1. The highest BCUT2D eigenvalue weighted by atomic mass is 16.5. The fourth-order valence-electron chi connectivity index (χ4n) is 2.97. The molecular weight excluding hydrogens is 342 g/mol. The van der Waals surface area contributed by atoms with Gasteiger partial charge in [0.25, 0.3) is 0 Å². The summed E-state index contributed by atoms with van der Waals surface area (Å²) < 4.78 is 5.74. The van der Waals surface area contributed by atoms with Crippen molar-refractivity contribution in [1.29, 1.82) is 0 Å². The second-order valence-corrected chi connectivity index (χ2v) is 6.24. The van der Waals surface area contributed by atoms with Crippen LogP contribution in [0.1, 0.15) is 18.9 Å². The lowest BCUT2D eigenvalue weighted by Crippen LogP contribution is -2.52. The third-order valence-electron chi connectivity index (χ3n) is 4.36. The number of nitrogens with one attached hydrogen (secondary N) is 1. The van der Waals surface area contributed by atoms with Crippen molar-refractivity contribution in [2.24, 2.45) is 4.99 Å². The Hall–Kier alpha value is -2.90. The number of rotatable bonds is 6. The van der Waals surface area contributed by atoms with E-state index in [1.807, 2.05) is 25.2 Å². The predicted octanol–water partition coefficient (Wildman–Crippen LogP) is 1.56. The normalized spacial score (nSPS) is 15.0. The number of guanidine groups is 1. The van der Waals surface area contributed by atoms with E-state index in [4.69, 9.17) is 4.74 Å². The maximum atomic E-state index is 5.74. The lowest BCUT2D eigenvalue weighted by atomic mass is 10.2. The zero-order chi connectivity index (χ0) is 18.9. The van der Waals surface area contributed by atoms with Crippen LogP contribution >= 0.6 is 0 Å². The minimum atomic E-state index is 0.627. The van der Waals surface area contributed by atoms with E-state index in [9.17, 15) is 0 Å². The molecule has 0 radical (unpaired) electrons. The molecule has 1 N–H and O–H groups in total. The first-order valence-electron chi connectivity index (χ1n) is 9.36. The highest BCUT2D eigenvalue weighted by Gasteiger charge is 2.21. The number of pyridine rings is 1. The Morgan fingerprint density at radius 3 is 2.56 bits per heavy atom. The molecule has 0 unspecified atom stereocenters. The number of nitrogens with zero attached hydrogens (tertiary/aromatic N) is 6. The second-order valence-electron chi connectivity index (χ2n) is 6.24. The maximum Gasteiger partial charge on any atom is 0.225 e. The van der Waals surface area contributed by atoms with Crippen molar-refractivity contribution in [3.63, 3.8) is 0 Å². The van der Waals surface area contributed by atoms with E-state index in [-0.39, 0.29) is 0 Å². The summed E-state index contributed by atoms with van der Waals surface area (Å²) in [4.78, 5) is 21.9. The van der Waals surface area contributed by atoms with Crippen molar-refractivity contribution in [1.82, 2.24) is 25.2 Å². The fourth-order valence-corrected chi connectivity index (χ4v) is 2.97. The van der Waals surface area contributed by atoms with Gasteiger partial charge in [0.15, 0.2) is 5.96 Å². The molecule has 3 rings (SSSR count). The molecule has 8 heteroatoms. The molecule has 27 heavy (non-hydrogen) atoms. The lowest BCUT2D eigenvalue weighted by Gasteiger charge is -2.36. The molecule has 0 amide bonds. The molecule has 0 atom stereocenters. The van der Waals surface area contributed by atoms with Gasteiger partial charge in [-0.15, -0.1) is 0 Å². The summed E-state index contributed by atoms with van der Waals surface area (Å²) in [5.74, 6) is 2.36. The van der Waals surface area contributed by atoms with Crippen LogP contribution in [0.4, 0.5) is 5.95 Å². The van der Waals surface area contributed by atoms with Gasteiger partial charge in [0.2, 0.25) is 11.8 Å². The molecule has 1 fully saturated rings. The number of hydrogen-bond acceptors (Lipinski definition) is 6. The Labute approximate surface area is 160 Å². The molecule has 1 aliphatic rings. The first-order valence-corrected chi connectivity index (χ1v) is 9.36. The van der Waals surface area contributed by atoms with E-state index >= 15 is 0 Å². The standard InChI is InChI=1S/C19H27N7O/c1-3-14-27-17-16(6-4-7-21-17)15-24-18(20-2)25-10-12-26(13-11-25)19-22-8-5-9-23-19/h4-9H,3,10-15H2,1-2H3,(H,20,24). The van der Waals surface area contributed by atoms with Crippen molar-refractivity contribution in [3.05, 3.63) is 42.4 Å². The highest BCUT2D eigenvalue weighted by Crippen LogP contribution is 2.15. The molecular formula is C19H27N7O. The number of piperazine rings is 1. The van der Waals surface area contributed by atoms with Gasteiger partial charge in [0.05, 0.1) is 6.61 Å². The van der Waals surface area contributed by atoms with Crippen LogP contribution in [0.15, 0.2) is 41.8 Å². The summed E-state index contributed by atoms with van der Waals surface area (Å²) in [6.07, 6.45) is 6.28. The van der Waals surface area contributed by atoms with Gasteiger partial charge in [-0.2, -0.15) is 0 Å². The summed E-state index contributed by atoms with van der Waals surface area (Å²) in [5.41, 5.74) is 1.03. The van der Waals surface area contributed by atoms with Gasteiger partial charge in [0.1, 0.15) is 0 Å². The van der Waals surface area contributed by atoms with Crippen LogP contribution in [-0.2, 0) is 6.54 Å². The molecule has 3 heterocycles. The third-order valence-corrected chi connectivity index (χ3v) is 4.36. The Balaban J connectivity index is 1.55. The van der Waals surface area contributed by atoms with Crippen LogP contribution in [0.2, 0.25) is 0 Å². The summed E-state index contributed by atoms with van der Waals surface area (Å²) in [5, 5.41) is 3.43. The highest BCUT2D eigenvalue weighted by molar-refractivity contribution is 5.80. The Morgan fingerprint density at radius 2 is 1.85 bits per heavy atom. The number of hydrogen-bond donors (Lipinski definition) is 1. The summed E-state index contributed by atoms with van der Waals surface area (Å²) in [7, 11) is 1.81. The largest absolute Gasteiger partial charge is 0.477 e. The molecule has 2 aromatic heterocycles. The Morgan fingerprint density at radius 1 is 1.11 bits per heavy atom. The van der Waals surface area contributed by atoms with Crippen LogP contribution in [0.3, 0.4) is 0 Å². The van der Waals surface area contributed by atoms with Gasteiger partial charge >= 0.3 is 0 Å². The Kier molecular flexibility index (Phi) is 6.78. The molecule has 1 saturated heterocycles. The summed E-state index contributed by atoms with van der Waals surface area (Å²) >= 11 is 0. The molecule has 8 nitrogen and oxygen atoms in total. The van der Waals surface area contributed by atoms with Crippen molar-refractivity contribution < 1.29 is 4.74 Å². The first kappa shape index (κ1) is 18.9. The number of aliphatic imine (C=N–C) groups is 1. The molecule has 1 aliphatic heterocycles. The second kappa shape index (κ2) is 9.70. The van der Waals surface area contributed by atoms with E-state index in [0.717, 1.165) is 50.1 Å². The average Bonchev–Trinajstić information content (AvgIpc) is 2.74. The van der Waals surface area contributed by atoms with Crippen molar-refractivity contribution in [2.75, 3.05) is 44.7 Å². The summed E-state index contributed by atoms with van der Waals surface area (Å²) in [6, 6.07) is 5.79. The average molecular weight is 369 g/mol. The van der Waals surface area contributed by atoms with Crippen LogP contribution < -0.4 is 15.0 Å². The third kappa shape index (κ3) is 5.06. The molecule has 144 valence electrons. The van der Waals surface area contributed by atoms with Gasteiger partial charge in [-0.05, 0) is 18.6 Å². The molecule has 0 bridgehead atoms. The Bertz CT molecular complexity index is 730. The zero-order valence-corrected chi connectivity index (χ0v) is 16.0. The quantitative estimate of drug-likeness (QED) is 0.611. The maximum absolute atomic E-state index is 5.74. The van der Waals surface area contributed by atoms with Gasteiger partial charge in [-0.25, -0.2) is 15.0 Å². The molecule has 0 aliphatic carbocycles. The zero-order valence-electron chi connectivity index (χ0n) is 16.0. The van der Waals surface area contributed by atoms with Gasteiger partial charge < -0.3 is 19.9 Å². The van der Waals surface area contributed by atoms with Crippen LogP contribution in [-0.4, -0.2) is 65.6 Å². The SMILES string of the molecule is CCCOc1ncccc1CNC(=NC)N1CCN(c2ncccn2)CC1. The van der Waals surface area contributed by atoms with Gasteiger partial charge in [0, 0.05) is 63.9 Å². The van der Waals surface area contributed by atoms with Crippen LogP contribution in [0.25, 0.3) is 0 Å². The van der Waals surface area contributed by atoms with E-state index in [1.54, 1.807) is 18.6 Å².